The highest BCUT2D eigenvalue weighted by molar-refractivity contribution is 7.21. The SMILES string of the molecule is CC(CCC(=O)NC=O)N(C)C(=O)c1cc(OCCC(C)(C)OCC(C)(C)N(C(=O)OC(C)(C)C)c2ccc3nc(-c4ccc(-c5ccc(N(C)C)nc5)cc4)sc3c2)ccc1C=O. The van der Waals surface area contributed by atoms with E-state index in [4.69, 9.17) is 19.2 Å². The van der Waals surface area contributed by atoms with Crippen molar-refractivity contribution < 1.29 is 38.2 Å². The number of pyridine rings is 1. The van der Waals surface area contributed by atoms with Gasteiger partial charge in [0.2, 0.25) is 12.3 Å². The standard InChI is InChI=1S/C49H60N6O8S/c1-32(12-23-43(58)51-31-57)54(11)45(59)39-27-38(20-17-36(39)29-56)61-25-24-49(7,8)62-30-48(5,6)55(46(60)63-47(2,3)4)37-19-21-40-41(26-37)64-44(52-40)34-15-13-33(14-16-34)35-18-22-42(50-28-35)53(9)10/h13-22,26-29,31-32H,12,23-25,30H2,1-11H3,(H,51,57,58). The van der Waals surface area contributed by atoms with E-state index in [9.17, 15) is 24.0 Å². The first-order valence-corrected chi connectivity index (χ1v) is 22.0. The number of fused-ring (bicyclic) bond motifs is 1. The molecule has 5 rings (SSSR count). The van der Waals surface area contributed by atoms with Gasteiger partial charge in [0.1, 0.15) is 22.2 Å². The smallest absolute Gasteiger partial charge is 0.415 e. The molecule has 2 heterocycles. The number of amides is 4. The lowest BCUT2D eigenvalue weighted by Crippen LogP contribution is -2.53. The maximum absolute atomic E-state index is 14.0. The third-order valence-electron chi connectivity index (χ3n) is 10.6. The van der Waals surface area contributed by atoms with E-state index >= 15 is 0 Å². The number of aldehydes is 1. The van der Waals surface area contributed by atoms with Crippen LogP contribution >= 0.6 is 11.3 Å². The van der Waals surface area contributed by atoms with E-state index in [0.29, 0.717) is 37.0 Å². The average Bonchev–Trinajstić information content (AvgIpc) is 3.67. The Hall–Kier alpha value is -6.19. The molecule has 15 heteroatoms. The molecule has 0 aliphatic heterocycles. The Kier molecular flexibility index (Phi) is 15.7. The minimum atomic E-state index is -0.877. The van der Waals surface area contributed by atoms with Gasteiger partial charge in [0, 0.05) is 68.6 Å². The molecule has 0 fully saturated rings. The van der Waals surface area contributed by atoms with Crippen LogP contribution in [0.25, 0.3) is 31.9 Å². The second-order valence-corrected chi connectivity index (χ2v) is 19.2. The van der Waals surface area contributed by atoms with Crippen LogP contribution in [0.3, 0.4) is 0 Å². The van der Waals surface area contributed by atoms with Gasteiger partial charge in [-0.2, -0.15) is 0 Å². The van der Waals surface area contributed by atoms with Gasteiger partial charge in [-0.15, -0.1) is 11.3 Å². The molecule has 64 heavy (non-hydrogen) atoms. The fourth-order valence-corrected chi connectivity index (χ4v) is 7.71. The van der Waals surface area contributed by atoms with Crippen molar-refractivity contribution in [3.8, 4) is 27.4 Å². The molecular formula is C49H60N6O8S. The Morgan fingerprint density at radius 2 is 1.55 bits per heavy atom. The summed E-state index contributed by atoms with van der Waals surface area (Å²) < 4.78 is 19.5. The first kappa shape index (κ1) is 48.8. The van der Waals surface area contributed by atoms with Crippen molar-refractivity contribution in [1.82, 2.24) is 20.2 Å². The summed E-state index contributed by atoms with van der Waals surface area (Å²) in [5.74, 6) is 0.447. The molecular weight excluding hydrogens is 833 g/mol. The molecule has 340 valence electrons. The van der Waals surface area contributed by atoms with Crippen LogP contribution in [0.4, 0.5) is 16.3 Å². The quantitative estimate of drug-likeness (QED) is 0.0788. The number of hydrogen-bond donors (Lipinski definition) is 1. The average molecular weight is 893 g/mol. The largest absolute Gasteiger partial charge is 0.493 e. The summed E-state index contributed by atoms with van der Waals surface area (Å²) in [6.07, 6.45) is 3.13. The third kappa shape index (κ3) is 12.7. The molecule has 1 N–H and O–H groups in total. The first-order chi connectivity index (χ1) is 30.1. The van der Waals surface area contributed by atoms with Crippen LogP contribution in [0.15, 0.2) is 79.0 Å². The number of rotatable bonds is 19. The van der Waals surface area contributed by atoms with Crippen LogP contribution < -0.4 is 19.9 Å². The number of hydrogen-bond acceptors (Lipinski definition) is 12. The second-order valence-electron chi connectivity index (χ2n) is 18.2. The summed E-state index contributed by atoms with van der Waals surface area (Å²) >= 11 is 1.55. The maximum atomic E-state index is 14.0. The van der Waals surface area contributed by atoms with Crippen LogP contribution in [0.5, 0.6) is 5.75 Å². The number of thiazole rings is 1. The highest BCUT2D eigenvalue weighted by Gasteiger charge is 2.38. The van der Waals surface area contributed by atoms with Crippen molar-refractivity contribution in [2.45, 2.75) is 97.4 Å². The summed E-state index contributed by atoms with van der Waals surface area (Å²) in [6.45, 7) is 15.4. The predicted molar refractivity (Wildman–Crippen MR) is 252 cm³/mol. The van der Waals surface area contributed by atoms with Gasteiger partial charge in [0.05, 0.1) is 40.1 Å². The van der Waals surface area contributed by atoms with Gasteiger partial charge in [0.15, 0.2) is 6.29 Å². The van der Waals surface area contributed by atoms with Crippen LogP contribution in [-0.2, 0) is 19.1 Å². The monoisotopic (exact) mass is 892 g/mol. The summed E-state index contributed by atoms with van der Waals surface area (Å²) in [5, 5.41) is 2.95. The zero-order valence-corrected chi connectivity index (χ0v) is 39.5. The number of carbonyl (C=O) groups excluding carboxylic acids is 5. The van der Waals surface area contributed by atoms with Crippen molar-refractivity contribution in [1.29, 1.82) is 0 Å². The van der Waals surface area contributed by atoms with Crippen molar-refractivity contribution in [3.63, 3.8) is 0 Å². The van der Waals surface area contributed by atoms with Crippen LogP contribution in [0.2, 0.25) is 0 Å². The van der Waals surface area contributed by atoms with Gasteiger partial charge in [-0.3, -0.25) is 29.4 Å². The molecule has 0 aliphatic rings. The van der Waals surface area contributed by atoms with Crippen LogP contribution in [0, 0.1) is 0 Å². The van der Waals surface area contributed by atoms with Gasteiger partial charge in [-0.05, 0) is 116 Å². The van der Waals surface area contributed by atoms with Gasteiger partial charge in [-0.25, -0.2) is 14.8 Å². The summed E-state index contributed by atoms with van der Waals surface area (Å²) in [7, 11) is 5.52. The number of anilines is 2. The minimum Gasteiger partial charge on any atom is -0.493 e. The van der Waals surface area contributed by atoms with E-state index in [-0.39, 0.29) is 36.8 Å². The molecule has 1 unspecified atom stereocenters. The summed E-state index contributed by atoms with van der Waals surface area (Å²) in [6, 6.07) is 22.4. The molecule has 0 saturated heterocycles. The Bertz CT molecular complexity index is 2440. The Labute approximate surface area is 379 Å². The Balaban J connectivity index is 1.27. The van der Waals surface area contributed by atoms with Crippen LogP contribution in [0.1, 0.15) is 95.4 Å². The summed E-state index contributed by atoms with van der Waals surface area (Å²) in [4.78, 5) is 76.3. The summed E-state index contributed by atoms with van der Waals surface area (Å²) in [5.41, 5.74) is 2.56. The van der Waals surface area contributed by atoms with Crippen LogP contribution in [-0.4, -0.2) is 103 Å². The highest BCUT2D eigenvalue weighted by atomic mass is 32.1. The van der Waals surface area contributed by atoms with E-state index in [1.54, 1.807) is 36.3 Å². The lowest BCUT2D eigenvalue weighted by atomic mass is 10.0. The number of ether oxygens (including phenoxy) is 3. The lowest BCUT2D eigenvalue weighted by Gasteiger charge is -2.41. The molecule has 0 bridgehead atoms. The molecule has 0 aliphatic carbocycles. The number of nitrogens with zero attached hydrogens (tertiary/aromatic N) is 5. The number of imide groups is 1. The fourth-order valence-electron chi connectivity index (χ4n) is 6.71. The second kappa shape index (κ2) is 20.5. The highest BCUT2D eigenvalue weighted by Crippen LogP contribution is 2.37. The number of carbonyl (C=O) groups is 5. The van der Waals surface area contributed by atoms with E-state index in [1.807, 2.05) is 97.9 Å². The van der Waals surface area contributed by atoms with Crippen molar-refractivity contribution >= 4 is 63.7 Å². The third-order valence-corrected chi connectivity index (χ3v) is 11.7. The Morgan fingerprint density at radius 1 is 0.859 bits per heavy atom. The molecule has 4 amide bonds. The van der Waals surface area contributed by atoms with Gasteiger partial charge in [0.25, 0.3) is 5.91 Å². The molecule has 0 saturated carbocycles. The zero-order chi connectivity index (χ0) is 47.0. The van der Waals surface area contributed by atoms with Gasteiger partial charge >= 0.3 is 6.09 Å². The molecule has 0 radical (unpaired) electrons. The van der Waals surface area contributed by atoms with E-state index in [2.05, 4.69) is 40.6 Å². The molecule has 2 aromatic heterocycles. The van der Waals surface area contributed by atoms with Crippen molar-refractivity contribution in [3.05, 3.63) is 90.1 Å². The van der Waals surface area contributed by atoms with Gasteiger partial charge in [-0.1, -0.05) is 24.3 Å². The molecule has 5 aromatic rings. The topological polar surface area (TPSA) is 161 Å². The van der Waals surface area contributed by atoms with Crippen molar-refractivity contribution in [2.75, 3.05) is 44.2 Å². The Morgan fingerprint density at radius 3 is 2.17 bits per heavy atom. The maximum Gasteiger partial charge on any atom is 0.415 e. The van der Waals surface area contributed by atoms with E-state index in [0.717, 1.165) is 37.7 Å². The molecule has 1 atom stereocenters. The predicted octanol–water partition coefficient (Wildman–Crippen LogP) is 9.20. The van der Waals surface area contributed by atoms with E-state index < -0.39 is 34.6 Å². The van der Waals surface area contributed by atoms with Crippen molar-refractivity contribution in [2.24, 2.45) is 0 Å². The molecule has 3 aromatic carbocycles. The number of benzene rings is 3. The normalized spacial score (nSPS) is 12.3. The first-order valence-electron chi connectivity index (χ1n) is 21.2. The van der Waals surface area contributed by atoms with Gasteiger partial charge < -0.3 is 24.0 Å². The molecule has 0 spiro atoms. The lowest BCUT2D eigenvalue weighted by molar-refractivity contribution is -0.125. The fraction of sp³-hybridized carbons (Fsp3) is 0.408. The minimum absolute atomic E-state index is 0.0579. The van der Waals surface area contributed by atoms with E-state index in [1.165, 1.54) is 17.0 Å². The number of aromatic nitrogens is 2. The zero-order valence-electron chi connectivity index (χ0n) is 38.7. The number of nitrogens with one attached hydrogen (secondary N) is 1. The molecule has 14 nitrogen and oxygen atoms in total.